The first-order valence-corrected chi connectivity index (χ1v) is 7.27. The van der Waals surface area contributed by atoms with Crippen LogP contribution in [0.2, 0.25) is 0 Å². The van der Waals surface area contributed by atoms with Gasteiger partial charge in [0.2, 0.25) is 0 Å². The van der Waals surface area contributed by atoms with E-state index in [2.05, 4.69) is 5.32 Å². The van der Waals surface area contributed by atoms with Gasteiger partial charge in [-0.2, -0.15) is 0 Å². The van der Waals surface area contributed by atoms with Crippen molar-refractivity contribution >= 4 is 5.97 Å². The van der Waals surface area contributed by atoms with Crippen molar-refractivity contribution in [3.8, 4) is 0 Å². The van der Waals surface area contributed by atoms with Crippen LogP contribution in [0, 0.1) is 0 Å². The predicted octanol–water partition coefficient (Wildman–Crippen LogP) is 2.95. The summed E-state index contributed by atoms with van der Waals surface area (Å²) in [5.41, 5.74) is 2.13. The molecule has 0 aromatic heterocycles. The van der Waals surface area contributed by atoms with E-state index >= 15 is 0 Å². The highest BCUT2D eigenvalue weighted by molar-refractivity contribution is 5.76. The molecule has 3 heteroatoms. The van der Waals surface area contributed by atoms with E-state index in [1.54, 1.807) is 0 Å². The summed E-state index contributed by atoms with van der Waals surface area (Å²) in [5.74, 6) is -0.204. The fraction of sp³-hybridized carbons (Fsp3) is 0.278. The molecule has 1 N–H and O–H groups in total. The monoisotopic (exact) mass is 283 g/mol. The van der Waals surface area contributed by atoms with Crippen LogP contribution in [-0.4, -0.2) is 18.6 Å². The number of carbonyl (C=O) groups excluding carboxylic acids is 1. The molecule has 0 unspecified atom stereocenters. The van der Waals surface area contributed by atoms with E-state index in [4.69, 9.17) is 4.74 Å². The lowest BCUT2D eigenvalue weighted by atomic mass is 10.1. The summed E-state index contributed by atoms with van der Waals surface area (Å²) in [6, 6.07) is 19.4. The van der Waals surface area contributed by atoms with Gasteiger partial charge in [0, 0.05) is 0 Å². The summed E-state index contributed by atoms with van der Waals surface area (Å²) in [6.45, 7) is 3.04. The molecule has 2 aromatic rings. The summed E-state index contributed by atoms with van der Waals surface area (Å²) in [6.07, 6.45) is 0.641. The number of likely N-dealkylation sites (N-methyl/N-ethyl adjacent to an activating group) is 1. The molecule has 0 aliphatic heterocycles. The second-order valence-electron chi connectivity index (χ2n) is 4.89. The maximum absolute atomic E-state index is 12.2. The largest absolute Gasteiger partial charge is 0.460 e. The number of hydrogen-bond donors (Lipinski definition) is 1. The molecule has 21 heavy (non-hydrogen) atoms. The van der Waals surface area contributed by atoms with E-state index in [0.29, 0.717) is 13.0 Å². The van der Waals surface area contributed by atoms with Crippen molar-refractivity contribution in [3.05, 3.63) is 71.8 Å². The highest BCUT2D eigenvalue weighted by atomic mass is 16.5. The Morgan fingerprint density at radius 2 is 1.57 bits per heavy atom. The first-order valence-electron chi connectivity index (χ1n) is 7.27. The fourth-order valence-corrected chi connectivity index (χ4v) is 2.16. The van der Waals surface area contributed by atoms with Gasteiger partial charge in [0.25, 0.3) is 0 Å². The van der Waals surface area contributed by atoms with Crippen LogP contribution < -0.4 is 5.32 Å². The minimum Gasteiger partial charge on any atom is -0.460 e. The average molecular weight is 283 g/mol. The Morgan fingerprint density at radius 3 is 2.14 bits per heavy atom. The zero-order valence-electron chi connectivity index (χ0n) is 12.3. The number of benzene rings is 2. The third-order valence-corrected chi connectivity index (χ3v) is 3.24. The summed E-state index contributed by atoms with van der Waals surface area (Å²) < 4.78 is 5.41. The van der Waals surface area contributed by atoms with Crippen molar-refractivity contribution in [1.29, 1.82) is 0 Å². The van der Waals surface area contributed by atoms with Crippen LogP contribution >= 0.6 is 0 Å². The van der Waals surface area contributed by atoms with Crippen LogP contribution in [0.1, 0.15) is 18.1 Å². The molecule has 0 saturated heterocycles. The minimum atomic E-state index is -0.305. The van der Waals surface area contributed by atoms with Crippen LogP contribution in [0.4, 0.5) is 0 Å². The van der Waals surface area contributed by atoms with E-state index in [0.717, 1.165) is 17.7 Å². The van der Waals surface area contributed by atoms with E-state index < -0.39 is 0 Å². The molecule has 110 valence electrons. The molecule has 0 spiro atoms. The molecular weight excluding hydrogens is 262 g/mol. The molecule has 0 aliphatic rings. The number of esters is 1. The predicted molar refractivity (Wildman–Crippen MR) is 83.8 cm³/mol. The third-order valence-electron chi connectivity index (χ3n) is 3.24. The standard InChI is InChI=1S/C18H21NO2/c1-2-19-17(13-15-9-5-3-6-10-15)18(20)21-14-16-11-7-4-8-12-16/h3-12,17,19H,2,13-14H2,1H3/t17-/m0/s1. The first-order chi connectivity index (χ1) is 10.3. The zero-order valence-corrected chi connectivity index (χ0v) is 12.3. The quantitative estimate of drug-likeness (QED) is 0.794. The Bertz CT molecular complexity index is 540. The molecule has 0 aliphatic carbocycles. The Balaban J connectivity index is 1.92. The Kier molecular flexibility index (Phi) is 5.98. The van der Waals surface area contributed by atoms with E-state index in [1.807, 2.05) is 67.6 Å². The van der Waals surface area contributed by atoms with E-state index in [1.165, 1.54) is 0 Å². The molecule has 0 bridgehead atoms. The van der Waals surface area contributed by atoms with Gasteiger partial charge in [-0.15, -0.1) is 0 Å². The molecule has 0 fully saturated rings. The maximum Gasteiger partial charge on any atom is 0.323 e. The number of nitrogens with one attached hydrogen (secondary N) is 1. The van der Waals surface area contributed by atoms with Crippen molar-refractivity contribution in [2.24, 2.45) is 0 Å². The van der Waals surface area contributed by atoms with Gasteiger partial charge < -0.3 is 10.1 Å². The summed E-state index contributed by atoms with van der Waals surface area (Å²) in [7, 11) is 0. The second-order valence-corrected chi connectivity index (χ2v) is 4.89. The minimum absolute atomic E-state index is 0.204. The van der Waals surface area contributed by atoms with E-state index in [-0.39, 0.29) is 12.0 Å². The van der Waals surface area contributed by atoms with Gasteiger partial charge in [-0.3, -0.25) is 4.79 Å². The zero-order chi connectivity index (χ0) is 14.9. The van der Waals surface area contributed by atoms with Crippen LogP contribution in [0.25, 0.3) is 0 Å². The SMILES string of the molecule is CCN[C@@H](Cc1ccccc1)C(=O)OCc1ccccc1. The number of rotatable bonds is 7. The van der Waals surface area contributed by atoms with Crippen molar-refractivity contribution in [2.75, 3.05) is 6.54 Å². The third kappa shape index (κ3) is 5.04. The van der Waals surface area contributed by atoms with E-state index in [9.17, 15) is 4.79 Å². The van der Waals surface area contributed by atoms with Crippen LogP contribution in [-0.2, 0) is 22.6 Å². The number of hydrogen-bond acceptors (Lipinski definition) is 3. The molecule has 0 saturated carbocycles. The molecule has 0 heterocycles. The highest BCUT2D eigenvalue weighted by Gasteiger charge is 2.19. The smallest absolute Gasteiger partial charge is 0.323 e. The number of carbonyl (C=O) groups is 1. The lowest BCUT2D eigenvalue weighted by molar-refractivity contribution is -0.147. The molecule has 0 radical (unpaired) electrons. The Labute approximate surface area is 126 Å². The normalized spacial score (nSPS) is 11.9. The van der Waals surface area contributed by atoms with Gasteiger partial charge in [-0.05, 0) is 24.1 Å². The molecule has 2 rings (SSSR count). The fourth-order valence-electron chi connectivity index (χ4n) is 2.16. The van der Waals surface area contributed by atoms with Crippen LogP contribution in [0.5, 0.6) is 0 Å². The van der Waals surface area contributed by atoms with Gasteiger partial charge in [-0.25, -0.2) is 0 Å². The van der Waals surface area contributed by atoms with Gasteiger partial charge in [-0.1, -0.05) is 67.6 Å². The van der Waals surface area contributed by atoms with Crippen LogP contribution in [0.3, 0.4) is 0 Å². The van der Waals surface area contributed by atoms with Gasteiger partial charge >= 0.3 is 5.97 Å². The number of ether oxygens (including phenoxy) is 1. The summed E-state index contributed by atoms with van der Waals surface area (Å²) >= 11 is 0. The molecular formula is C18H21NO2. The van der Waals surface area contributed by atoms with Crippen molar-refractivity contribution in [1.82, 2.24) is 5.32 Å². The molecule has 3 nitrogen and oxygen atoms in total. The van der Waals surface area contributed by atoms with Crippen molar-refractivity contribution < 1.29 is 9.53 Å². The Hall–Kier alpha value is -2.13. The lowest BCUT2D eigenvalue weighted by Crippen LogP contribution is -2.39. The first kappa shape index (κ1) is 15.3. The lowest BCUT2D eigenvalue weighted by Gasteiger charge is -2.17. The van der Waals surface area contributed by atoms with Crippen molar-refractivity contribution in [2.45, 2.75) is 26.0 Å². The molecule has 0 amide bonds. The van der Waals surface area contributed by atoms with Gasteiger partial charge in [0.15, 0.2) is 0 Å². The second kappa shape index (κ2) is 8.22. The Morgan fingerprint density at radius 1 is 1.00 bits per heavy atom. The van der Waals surface area contributed by atoms with Gasteiger partial charge in [0.1, 0.15) is 12.6 Å². The summed E-state index contributed by atoms with van der Waals surface area (Å²) in [5, 5.41) is 3.19. The topological polar surface area (TPSA) is 38.3 Å². The summed E-state index contributed by atoms with van der Waals surface area (Å²) in [4.78, 5) is 12.2. The average Bonchev–Trinajstić information content (AvgIpc) is 2.54. The van der Waals surface area contributed by atoms with Gasteiger partial charge in [0.05, 0.1) is 0 Å². The van der Waals surface area contributed by atoms with Crippen molar-refractivity contribution in [3.63, 3.8) is 0 Å². The maximum atomic E-state index is 12.2. The molecule has 2 aromatic carbocycles. The van der Waals surface area contributed by atoms with Crippen LogP contribution in [0.15, 0.2) is 60.7 Å². The molecule has 1 atom stereocenters. The highest BCUT2D eigenvalue weighted by Crippen LogP contribution is 2.07.